The number of nitrogens with zero attached hydrogens (tertiary/aromatic N) is 3. The monoisotopic (exact) mass is 120 g/mol. The fraction of sp³-hybridized carbons (Fsp3) is 0.167. The Morgan fingerprint density at radius 3 is 2.78 bits per heavy atom. The van der Waals surface area contributed by atoms with Gasteiger partial charge in [0.1, 0.15) is 6.20 Å². The normalized spacial score (nSPS) is 8.44. The highest BCUT2D eigenvalue weighted by molar-refractivity contribution is 5.42. The fourth-order valence-electron chi connectivity index (χ4n) is 0.594. The van der Waals surface area contributed by atoms with Crippen molar-refractivity contribution in [3.8, 4) is 0 Å². The number of rotatable bonds is 0. The molecule has 0 aliphatic heterocycles. The second-order valence-corrected chi connectivity index (χ2v) is 1.82. The molecular formula is C6H6N3+. The van der Waals surface area contributed by atoms with Crippen LogP contribution in [0.3, 0.4) is 0 Å². The number of pyridine rings is 1. The van der Waals surface area contributed by atoms with Crippen LogP contribution in [0.1, 0.15) is 5.56 Å². The molecule has 0 aliphatic rings. The SMILES string of the molecule is Cc1cncc([N+]#N)c1. The number of aromatic nitrogens is 1. The quantitative estimate of drug-likeness (QED) is 0.490. The summed E-state index contributed by atoms with van der Waals surface area (Å²) in [4.78, 5) is 6.77. The van der Waals surface area contributed by atoms with Crippen molar-refractivity contribution in [3.63, 3.8) is 0 Å². The highest BCUT2D eigenvalue weighted by Crippen LogP contribution is 2.09. The summed E-state index contributed by atoms with van der Waals surface area (Å²) in [5, 5.41) is 8.25. The third-order valence-electron chi connectivity index (χ3n) is 0.976. The van der Waals surface area contributed by atoms with Crippen molar-refractivity contribution in [2.75, 3.05) is 0 Å². The molecule has 0 saturated carbocycles. The van der Waals surface area contributed by atoms with Crippen LogP contribution in [0.4, 0.5) is 5.69 Å². The van der Waals surface area contributed by atoms with Gasteiger partial charge in [-0.05, 0) is 12.5 Å². The highest BCUT2D eigenvalue weighted by atomic mass is 14.9. The van der Waals surface area contributed by atoms with Crippen LogP contribution in [-0.2, 0) is 0 Å². The van der Waals surface area contributed by atoms with Gasteiger partial charge in [0, 0.05) is 12.3 Å². The van der Waals surface area contributed by atoms with E-state index in [0.29, 0.717) is 5.69 Å². The van der Waals surface area contributed by atoms with Crippen LogP contribution in [0.25, 0.3) is 4.98 Å². The molecule has 0 unspecified atom stereocenters. The van der Waals surface area contributed by atoms with E-state index < -0.39 is 0 Å². The zero-order valence-electron chi connectivity index (χ0n) is 5.07. The summed E-state index contributed by atoms with van der Waals surface area (Å²) < 4.78 is 0. The minimum Gasteiger partial charge on any atom is -0.256 e. The van der Waals surface area contributed by atoms with Crippen LogP contribution in [-0.4, -0.2) is 4.98 Å². The van der Waals surface area contributed by atoms with Crippen molar-refractivity contribution in [2.45, 2.75) is 6.92 Å². The Kier molecular flexibility index (Phi) is 1.41. The van der Waals surface area contributed by atoms with Crippen molar-refractivity contribution in [2.24, 2.45) is 0 Å². The number of diazo groups is 1. The Morgan fingerprint density at radius 2 is 2.33 bits per heavy atom. The average molecular weight is 120 g/mol. The maximum Gasteiger partial charge on any atom is 0.403 e. The van der Waals surface area contributed by atoms with Crippen LogP contribution in [0.15, 0.2) is 18.5 Å². The van der Waals surface area contributed by atoms with E-state index in [-0.39, 0.29) is 0 Å². The molecule has 0 atom stereocenters. The molecule has 3 heteroatoms. The number of hydrogen-bond donors (Lipinski definition) is 0. The van der Waals surface area contributed by atoms with E-state index >= 15 is 0 Å². The molecule has 1 aromatic heterocycles. The predicted molar refractivity (Wildman–Crippen MR) is 33.7 cm³/mol. The molecule has 0 aliphatic carbocycles. The first-order valence-electron chi connectivity index (χ1n) is 2.59. The Morgan fingerprint density at radius 1 is 1.56 bits per heavy atom. The van der Waals surface area contributed by atoms with Gasteiger partial charge < -0.3 is 0 Å². The van der Waals surface area contributed by atoms with Crippen LogP contribution >= 0.6 is 0 Å². The zero-order chi connectivity index (χ0) is 6.69. The lowest BCUT2D eigenvalue weighted by molar-refractivity contribution is 1.27. The molecular weight excluding hydrogens is 114 g/mol. The van der Waals surface area contributed by atoms with Crippen molar-refractivity contribution in [3.05, 3.63) is 29.0 Å². The van der Waals surface area contributed by atoms with Gasteiger partial charge in [-0.2, -0.15) is 0 Å². The first kappa shape index (κ1) is 5.70. The van der Waals surface area contributed by atoms with E-state index in [2.05, 4.69) is 9.96 Å². The van der Waals surface area contributed by atoms with Crippen molar-refractivity contribution in [1.82, 2.24) is 4.98 Å². The molecule has 0 radical (unpaired) electrons. The third kappa shape index (κ3) is 1.23. The Labute approximate surface area is 53.0 Å². The van der Waals surface area contributed by atoms with Crippen LogP contribution in [0.2, 0.25) is 0 Å². The van der Waals surface area contributed by atoms with Crippen molar-refractivity contribution >= 4 is 5.69 Å². The molecule has 0 saturated heterocycles. The van der Waals surface area contributed by atoms with Crippen LogP contribution in [0, 0.1) is 12.3 Å². The summed E-state index contributed by atoms with van der Waals surface area (Å²) in [6.07, 6.45) is 3.20. The lowest BCUT2D eigenvalue weighted by atomic mass is 10.3. The molecule has 0 spiro atoms. The molecule has 1 rings (SSSR count). The minimum absolute atomic E-state index is 0.495. The van der Waals surface area contributed by atoms with E-state index in [9.17, 15) is 0 Å². The number of hydrogen-bond acceptors (Lipinski definition) is 2. The molecule has 3 nitrogen and oxygen atoms in total. The summed E-state index contributed by atoms with van der Waals surface area (Å²) in [5.74, 6) is 0. The largest absolute Gasteiger partial charge is 0.403 e. The maximum atomic E-state index is 8.25. The van der Waals surface area contributed by atoms with Gasteiger partial charge in [-0.1, -0.05) is 0 Å². The predicted octanol–water partition coefficient (Wildman–Crippen LogP) is 1.87. The van der Waals surface area contributed by atoms with Crippen molar-refractivity contribution < 1.29 is 0 Å². The Bertz CT molecular complexity index is 249. The van der Waals surface area contributed by atoms with E-state index in [1.54, 1.807) is 12.3 Å². The topological polar surface area (TPSA) is 41.0 Å². The van der Waals surface area contributed by atoms with E-state index in [1.165, 1.54) is 6.20 Å². The maximum absolute atomic E-state index is 8.25. The van der Waals surface area contributed by atoms with Gasteiger partial charge in [0.25, 0.3) is 0 Å². The molecule has 1 heterocycles. The second-order valence-electron chi connectivity index (χ2n) is 1.82. The summed E-state index contributed by atoms with van der Waals surface area (Å²) >= 11 is 0. The highest BCUT2D eigenvalue weighted by Gasteiger charge is 2.01. The molecule has 1 aromatic rings. The summed E-state index contributed by atoms with van der Waals surface area (Å²) in [5.41, 5.74) is 1.49. The van der Waals surface area contributed by atoms with Gasteiger partial charge in [0.15, 0.2) is 4.98 Å². The first-order chi connectivity index (χ1) is 4.33. The summed E-state index contributed by atoms with van der Waals surface area (Å²) in [6, 6.07) is 1.74. The van der Waals surface area contributed by atoms with Gasteiger partial charge in [-0.25, -0.2) is 0 Å². The van der Waals surface area contributed by atoms with E-state index in [1.807, 2.05) is 6.92 Å². The lowest BCUT2D eigenvalue weighted by Gasteiger charge is -1.80. The molecule has 0 N–H and O–H groups in total. The molecule has 44 valence electrons. The van der Waals surface area contributed by atoms with Gasteiger partial charge >= 0.3 is 5.69 Å². The van der Waals surface area contributed by atoms with Crippen molar-refractivity contribution in [1.29, 1.82) is 5.39 Å². The molecule has 0 aromatic carbocycles. The number of aryl methyl sites for hydroxylation is 1. The standard InChI is InChI=1S/C6H6N3/c1-5-2-6(9-7)4-8-3-5/h2-4H,1H3/q+1. The minimum atomic E-state index is 0.495. The summed E-state index contributed by atoms with van der Waals surface area (Å²) in [6.45, 7) is 1.89. The Hall–Kier alpha value is -1.43. The second kappa shape index (κ2) is 2.23. The smallest absolute Gasteiger partial charge is 0.256 e. The lowest BCUT2D eigenvalue weighted by Crippen LogP contribution is -1.72. The average Bonchev–Trinajstić information content (AvgIpc) is 1.88. The van der Waals surface area contributed by atoms with Crippen LogP contribution < -0.4 is 0 Å². The Balaban J connectivity index is 3.12. The first-order valence-corrected chi connectivity index (χ1v) is 2.59. The van der Waals surface area contributed by atoms with Crippen LogP contribution in [0.5, 0.6) is 0 Å². The fourth-order valence-corrected chi connectivity index (χ4v) is 0.594. The van der Waals surface area contributed by atoms with Gasteiger partial charge in [0.2, 0.25) is 5.39 Å². The molecule has 0 fully saturated rings. The van der Waals surface area contributed by atoms with Gasteiger partial charge in [0.05, 0.1) is 0 Å². The zero-order valence-corrected chi connectivity index (χ0v) is 5.07. The molecule has 0 amide bonds. The molecule has 9 heavy (non-hydrogen) atoms. The van der Waals surface area contributed by atoms with Gasteiger partial charge in [-0.15, -0.1) is 0 Å². The molecule has 0 bridgehead atoms. The van der Waals surface area contributed by atoms with E-state index in [0.717, 1.165) is 5.56 Å². The van der Waals surface area contributed by atoms with E-state index in [4.69, 9.17) is 5.39 Å². The summed E-state index contributed by atoms with van der Waals surface area (Å²) in [7, 11) is 0. The third-order valence-corrected chi connectivity index (χ3v) is 0.976. The van der Waals surface area contributed by atoms with Gasteiger partial charge in [-0.3, -0.25) is 4.98 Å².